The van der Waals surface area contributed by atoms with Gasteiger partial charge in [-0.05, 0) is 63.2 Å². The van der Waals surface area contributed by atoms with Gasteiger partial charge in [-0.25, -0.2) is 0 Å². The Morgan fingerprint density at radius 1 is 1.08 bits per heavy atom. The summed E-state index contributed by atoms with van der Waals surface area (Å²) in [4.78, 5) is 38.3. The molecule has 0 bridgehead atoms. The standard InChI is InChI=1S/C20H31N3O3/c1-13(22-19(26)16-11-20(16)7-8-20)14-5-9-23(10-6-14)17(24)12-21-18(25)15-3-2-4-15/h13-16H,2-12H2,1H3,(H,21,25)(H,22,26)/t13-,16?/m1/s1. The van der Waals surface area contributed by atoms with E-state index in [2.05, 4.69) is 17.6 Å². The van der Waals surface area contributed by atoms with Crippen molar-refractivity contribution >= 4 is 17.7 Å². The number of carbonyl (C=O) groups excluding carboxylic acids is 3. The smallest absolute Gasteiger partial charge is 0.241 e. The van der Waals surface area contributed by atoms with Crippen LogP contribution >= 0.6 is 0 Å². The zero-order chi connectivity index (χ0) is 18.3. The third-order valence-electron chi connectivity index (χ3n) is 7.26. The van der Waals surface area contributed by atoms with Crippen LogP contribution in [-0.4, -0.2) is 48.3 Å². The van der Waals surface area contributed by atoms with E-state index in [4.69, 9.17) is 0 Å². The lowest BCUT2D eigenvalue weighted by atomic mass is 9.85. The molecule has 2 atom stereocenters. The van der Waals surface area contributed by atoms with Crippen molar-refractivity contribution in [3.63, 3.8) is 0 Å². The quantitative estimate of drug-likeness (QED) is 0.751. The minimum atomic E-state index is 0.0152. The van der Waals surface area contributed by atoms with E-state index in [-0.39, 0.29) is 42.1 Å². The van der Waals surface area contributed by atoms with Crippen LogP contribution in [0.5, 0.6) is 0 Å². The fraction of sp³-hybridized carbons (Fsp3) is 0.850. The molecule has 0 aromatic carbocycles. The third-order valence-corrected chi connectivity index (χ3v) is 7.26. The highest BCUT2D eigenvalue weighted by atomic mass is 16.2. The van der Waals surface area contributed by atoms with Gasteiger partial charge >= 0.3 is 0 Å². The Labute approximate surface area is 155 Å². The lowest BCUT2D eigenvalue weighted by Gasteiger charge is -2.35. The van der Waals surface area contributed by atoms with Crippen molar-refractivity contribution in [2.24, 2.45) is 23.2 Å². The molecule has 4 rings (SSSR count). The van der Waals surface area contributed by atoms with Crippen LogP contribution in [-0.2, 0) is 14.4 Å². The summed E-state index contributed by atoms with van der Waals surface area (Å²) < 4.78 is 0. The van der Waals surface area contributed by atoms with Crippen molar-refractivity contribution in [2.45, 2.75) is 64.3 Å². The maximum Gasteiger partial charge on any atom is 0.241 e. The molecule has 6 heteroatoms. The Kier molecular flexibility index (Phi) is 4.70. The van der Waals surface area contributed by atoms with Crippen molar-refractivity contribution in [1.82, 2.24) is 15.5 Å². The van der Waals surface area contributed by atoms with Crippen LogP contribution in [0.15, 0.2) is 0 Å². The van der Waals surface area contributed by atoms with Gasteiger partial charge in [-0.15, -0.1) is 0 Å². The molecular weight excluding hydrogens is 330 g/mol. The van der Waals surface area contributed by atoms with Gasteiger partial charge in [0.15, 0.2) is 0 Å². The molecule has 3 saturated carbocycles. The molecule has 0 radical (unpaired) electrons. The Morgan fingerprint density at radius 3 is 2.31 bits per heavy atom. The predicted molar refractivity (Wildman–Crippen MR) is 97.0 cm³/mol. The Bertz CT molecular complexity index is 589. The summed E-state index contributed by atoms with van der Waals surface area (Å²) in [6, 6.07) is 0.175. The van der Waals surface area contributed by atoms with E-state index in [1.54, 1.807) is 0 Å². The molecule has 144 valence electrons. The van der Waals surface area contributed by atoms with Crippen LogP contribution in [0.1, 0.15) is 58.3 Å². The minimum absolute atomic E-state index is 0.0152. The lowest BCUT2D eigenvalue weighted by molar-refractivity contribution is -0.135. The molecule has 0 aromatic rings. The second kappa shape index (κ2) is 6.86. The molecule has 1 unspecified atom stereocenters. The van der Waals surface area contributed by atoms with E-state index in [1.165, 1.54) is 12.8 Å². The summed E-state index contributed by atoms with van der Waals surface area (Å²) in [6.45, 7) is 3.66. The van der Waals surface area contributed by atoms with E-state index in [0.717, 1.165) is 51.6 Å². The maximum absolute atomic E-state index is 12.3. The first kappa shape index (κ1) is 17.8. The summed E-state index contributed by atoms with van der Waals surface area (Å²) in [6.07, 6.45) is 8.42. The minimum Gasteiger partial charge on any atom is -0.353 e. The van der Waals surface area contributed by atoms with Crippen LogP contribution in [0, 0.1) is 23.2 Å². The molecule has 26 heavy (non-hydrogen) atoms. The number of rotatable bonds is 6. The summed E-state index contributed by atoms with van der Waals surface area (Å²) in [5.74, 6) is 1.12. The van der Waals surface area contributed by atoms with E-state index >= 15 is 0 Å². The first-order valence-electron chi connectivity index (χ1n) is 10.3. The van der Waals surface area contributed by atoms with Gasteiger partial charge in [0.1, 0.15) is 0 Å². The normalized spacial score (nSPS) is 28.2. The van der Waals surface area contributed by atoms with E-state index in [9.17, 15) is 14.4 Å². The molecule has 1 heterocycles. The van der Waals surface area contributed by atoms with Crippen LogP contribution < -0.4 is 10.6 Å². The average Bonchev–Trinajstić information content (AvgIpc) is 3.51. The van der Waals surface area contributed by atoms with Crippen LogP contribution in [0.2, 0.25) is 0 Å². The number of hydrogen-bond acceptors (Lipinski definition) is 3. The number of nitrogens with zero attached hydrogens (tertiary/aromatic N) is 1. The maximum atomic E-state index is 12.3. The molecule has 1 spiro atoms. The zero-order valence-corrected chi connectivity index (χ0v) is 15.8. The molecule has 2 N–H and O–H groups in total. The topological polar surface area (TPSA) is 78.5 Å². The van der Waals surface area contributed by atoms with E-state index < -0.39 is 0 Å². The van der Waals surface area contributed by atoms with Gasteiger partial charge in [0.05, 0.1) is 6.54 Å². The molecule has 3 amide bonds. The molecule has 3 aliphatic carbocycles. The van der Waals surface area contributed by atoms with Gasteiger partial charge in [-0.1, -0.05) is 6.42 Å². The fourth-order valence-corrected chi connectivity index (χ4v) is 4.61. The van der Waals surface area contributed by atoms with Gasteiger partial charge in [0, 0.05) is 31.0 Å². The van der Waals surface area contributed by atoms with Crippen molar-refractivity contribution in [3.05, 3.63) is 0 Å². The summed E-state index contributed by atoms with van der Waals surface area (Å²) >= 11 is 0. The Balaban J connectivity index is 1.15. The number of hydrogen-bond donors (Lipinski definition) is 2. The number of carbonyl (C=O) groups is 3. The molecule has 1 aliphatic heterocycles. The van der Waals surface area contributed by atoms with Crippen molar-refractivity contribution < 1.29 is 14.4 Å². The SMILES string of the molecule is C[C@@H](NC(=O)C1CC12CC2)C1CCN(C(=O)CNC(=O)C2CCC2)CC1. The van der Waals surface area contributed by atoms with Gasteiger partial charge < -0.3 is 15.5 Å². The highest BCUT2D eigenvalue weighted by Crippen LogP contribution is 2.70. The highest BCUT2D eigenvalue weighted by Gasteiger charge is 2.65. The summed E-state index contributed by atoms with van der Waals surface area (Å²) in [7, 11) is 0. The molecule has 1 saturated heterocycles. The van der Waals surface area contributed by atoms with Crippen molar-refractivity contribution in [3.8, 4) is 0 Å². The summed E-state index contributed by atoms with van der Waals surface area (Å²) in [5.41, 5.74) is 0.406. The van der Waals surface area contributed by atoms with Crippen LogP contribution in [0.3, 0.4) is 0 Å². The number of likely N-dealkylation sites (tertiary alicyclic amines) is 1. The molecular formula is C20H31N3O3. The lowest BCUT2D eigenvalue weighted by Crippen LogP contribution is -2.48. The monoisotopic (exact) mass is 361 g/mol. The number of piperidine rings is 1. The third kappa shape index (κ3) is 3.60. The van der Waals surface area contributed by atoms with Crippen LogP contribution in [0.25, 0.3) is 0 Å². The average molecular weight is 361 g/mol. The first-order chi connectivity index (χ1) is 12.5. The first-order valence-corrected chi connectivity index (χ1v) is 10.3. The fourth-order valence-electron chi connectivity index (χ4n) is 4.61. The van der Waals surface area contributed by atoms with Gasteiger partial charge in [-0.3, -0.25) is 14.4 Å². The van der Waals surface area contributed by atoms with Gasteiger partial charge in [0.2, 0.25) is 17.7 Å². The highest BCUT2D eigenvalue weighted by molar-refractivity contribution is 5.86. The second-order valence-corrected chi connectivity index (χ2v) is 8.98. The largest absolute Gasteiger partial charge is 0.353 e. The van der Waals surface area contributed by atoms with Crippen LogP contribution in [0.4, 0.5) is 0 Å². The molecule has 4 fully saturated rings. The van der Waals surface area contributed by atoms with Gasteiger partial charge in [-0.2, -0.15) is 0 Å². The Hall–Kier alpha value is -1.59. The van der Waals surface area contributed by atoms with Crippen molar-refractivity contribution in [2.75, 3.05) is 19.6 Å². The second-order valence-electron chi connectivity index (χ2n) is 8.98. The molecule has 0 aromatic heterocycles. The zero-order valence-electron chi connectivity index (χ0n) is 15.8. The molecule has 4 aliphatic rings. The summed E-state index contributed by atoms with van der Waals surface area (Å²) in [5, 5.41) is 6.00. The molecule has 6 nitrogen and oxygen atoms in total. The predicted octanol–water partition coefficient (Wildman–Crippen LogP) is 1.45. The van der Waals surface area contributed by atoms with E-state index in [1.807, 2.05) is 4.90 Å². The number of nitrogens with one attached hydrogen (secondary N) is 2. The van der Waals surface area contributed by atoms with Crippen molar-refractivity contribution in [1.29, 1.82) is 0 Å². The van der Waals surface area contributed by atoms with Gasteiger partial charge in [0.25, 0.3) is 0 Å². The van der Waals surface area contributed by atoms with E-state index in [0.29, 0.717) is 11.3 Å². The number of amides is 3. The Morgan fingerprint density at radius 2 is 1.77 bits per heavy atom.